The number of rotatable bonds is 7. The smallest absolute Gasteiger partial charge is 0.244 e. The maximum Gasteiger partial charge on any atom is 0.244 e. The molecule has 0 saturated heterocycles. The van der Waals surface area contributed by atoms with Crippen molar-refractivity contribution in [1.29, 1.82) is 0 Å². The summed E-state index contributed by atoms with van der Waals surface area (Å²) < 4.78 is 0. The molecule has 1 atom stereocenters. The zero-order chi connectivity index (χ0) is 12.6. The molecular weight excluding hydrogens is 204 g/mol. The average Bonchev–Trinajstić information content (AvgIpc) is 2.24. The number of hydrogen-bond acceptors (Lipinski definition) is 3. The third kappa shape index (κ3) is 7.17. The van der Waals surface area contributed by atoms with Gasteiger partial charge in [-0.25, -0.2) is 0 Å². The highest BCUT2D eigenvalue weighted by molar-refractivity contribution is 5.92. The Kier molecular flexibility index (Phi) is 7.46. The van der Waals surface area contributed by atoms with E-state index in [-0.39, 0.29) is 24.2 Å². The van der Waals surface area contributed by atoms with Gasteiger partial charge >= 0.3 is 0 Å². The maximum atomic E-state index is 11.4. The lowest BCUT2D eigenvalue weighted by atomic mass is 10.0. The summed E-state index contributed by atoms with van der Waals surface area (Å²) in [6.45, 7) is 4.67. The predicted molar refractivity (Wildman–Crippen MR) is 65.2 cm³/mol. The molecule has 0 rings (SSSR count). The van der Waals surface area contributed by atoms with Crippen LogP contribution in [0.15, 0.2) is 12.2 Å². The van der Waals surface area contributed by atoms with Crippen molar-refractivity contribution in [1.82, 2.24) is 10.2 Å². The lowest BCUT2D eigenvalue weighted by Crippen LogP contribution is -2.31. The summed E-state index contributed by atoms with van der Waals surface area (Å²) in [5.41, 5.74) is 0. The lowest BCUT2D eigenvalue weighted by molar-refractivity contribution is -0.124. The van der Waals surface area contributed by atoms with Gasteiger partial charge in [-0.15, -0.1) is 0 Å². The van der Waals surface area contributed by atoms with Crippen LogP contribution in [-0.2, 0) is 9.59 Å². The molecule has 0 aliphatic heterocycles. The van der Waals surface area contributed by atoms with E-state index >= 15 is 0 Å². The number of hydrogen-bond donors (Lipinski definition) is 1. The highest BCUT2D eigenvalue weighted by Gasteiger charge is 2.10. The summed E-state index contributed by atoms with van der Waals surface area (Å²) in [6, 6.07) is 0. The first kappa shape index (κ1) is 14.8. The quantitative estimate of drug-likeness (QED) is 0.654. The molecule has 0 aromatic carbocycles. The number of nitrogens with zero attached hydrogens (tertiary/aromatic N) is 1. The SMILES string of the molecule is CCC(C)C(=O)CNC(=O)/C=C/CN(C)C. The zero-order valence-corrected chi connectivity index (χ0v) is 10.6. The van der Waals surface area contributed by atoms with Gasteiger partial charge in [0, 0.05) is 18.5 Å². The molecule has 4 heteroatoms. The molecule has 1 unspecified atom stereocenters. The van der Waals surface area contributed by atoms with Gasteiger partial charge in [-0.3, -0.25) is 9.59 Å². The van der Waals surface area contributed by atoms with Crippen LogP contribution in [0.4, 0.5) is 0 Å². The zero-order valence-electron chi connectivity index (χ0n) is 10.6. The van der Waals surface area contributed by atoms with E-state index in [1.54, 1.807) is 6.08 Å². The largest absolute Gasteiger partial charge is 0.345 e. The highest BCUT2D eigenvalue weighted by atomic mass is 16.2. The summed E-state index contributed by atoms with van der Waals surface area (Å²) >= 11 is 0. The highest BCUT2D eigenvalue weighted by Crippen LogP contribution is 2.00. The lowest BCUT2D eigenvalue weighted by Gasteiger charge is -2.07. The molecule has 0 aromatic heterocycles. The van der Waals surface area contributed by atoms with E-state index in [4.69, 9.17) is 0 Å². The van der Waals surface area contributed by atoms with Crippen LogP contribution in [0.3, 0.4) is 0 Å². The van der Waals surface area contributed by atoms with E-state index in [1.807, 2.05) is 32.8 Å². The Morgan fingerprint density at radius 1 is 1.38 bits per heavy atom. The van der Waals surface area contributed by atoms with Gasteiger partial charge < -0.3 is 10.2 Å². The molecule has 0 saturated carbocycles. The van der Waals surface area contributed by atoms with Crippen LogP contribution in [0, 0.1) is 5.92 Å². The van der Waals surface area contributed by atoms with Crippen molar-refractivity contribution in [2.24, 2.45) is 5.92 Å². The van der Waals surface area contributed by atoms with Crippen LogP contribution < -0.4 is 5.32 Å². The molecule has 0 radical (unpaired) electrons. The minimum absolute atomic E-state index is 0.0195. The van der Waals surface area contributed by atoms with Crippen LogP contribution in [0.25, 0.3) is 0 Å². The summed E-state index contributed by atoms with van der Waals surface area (Å²) in [7, 11) is 3.85. The van der Waals surface area contributed by atoms with Gasteiger partial charge in [0.05, 0.1) is 6.54 Å². The number of Topliss-reactive ketones (excluding diaryl/α,β-unsaturated/α-hetero) is 1. The number of ketones is 1. The van der Waals surface area contributed by atoms with Crippen molar-refractivity contribution < 1.29 is 9.59 Å². The molecule has 0 bridgehead atoms. The van der Waals surface area contributed by atoms with E-state index < -0.39 is 0 Å². The number of amides is 1. The van der Waals surface area contributed by atoms with Crippen LogP contribution >= 0.6 is 0 Å². The van der Waals surface area contributed by atoms with Crippen LogP contribution in [0.5, 0.6) is 0 Å². The topological polar surface area (TPSA) is 49.4 Å². The van der Waals surface area contributed by atoms with Crippen molar-refractivity contribution in [3.05, 3.63) is 12.2 Å². The molecule has 0 aliphatic carbocycles. The second-order valence-corrected chi connectivity index (χ2v) is 4.16. The normalized spacial score (nSPS) is 13.1. The predicted octanol–water partition coefficient (Wildman–Crippen LogP) is 0.836. The Morgan fingerprint density at radius 2 is 2.00 bits per heavy atom. The fourth-order valence-electron chi connectivity index (χ4n) is 1.01. The standard InChI is InChI=1S/C12H22N2O2/c1-5-10(2)11(15)9-13-12(16)7-6-8-14(3)4/h6-7,10H,5,8-9H2,1-4H3,(H,13,16)/b7-6+. The summed E-state index contributed by atoms with van der Waals surface area (Å²) in [4.78, 5) is 24.6. The van der Waals surface area contributed by atoms with E-state index in [2.05, 4.69) is 5.32 Å². The third-order valence-corrected chi connectivity index (χ3v) is 2.34. The van der Waals surface area contributed by atoms with Crippen molar-refractivity contribution in [2.75, 3.05) is 27.2 Å². The molecule has 0 aromatic rings. The van der Waals surface area contributed by atoms with Gasteiger partial charge in [-0.1, -0.05) is 19.9 Å². The number of carbonyl (C=O) groups excluding carboxylic acids is 2. The van der Waals surface area contributed by atoms with Crippen molar-refractivity contribution in [3.8, 4) is 0 Å². The Hall–Kier alpha value is -1.16. The van der Waals surface area contributed by atoms with Gasteiger partial charge in [-0.2, -0.15) is 0 Å². The molecule has 1 amide bonds. The van der Waals surface area contributed by atoms with E-state index in [0.717, 1.165) is 6.42 Å². The third-order valence-electron chi connectivity index (χ3n) is 2.34. The first-order chi connectivity index (χ1) is 7.47. The second-order valence-electron chi connectivity index (χ2n) is 4.16. The minimum atomic E-state index is -0.210. The number of likely N-dealkylation sites (N-methyl/N-ethyl adjacent to an activating group) is 1. The van der Waals surface area contributed by atoms with E-state index in [0.29, 0.717) is 6.54 Å². The Balaban J connectivity index is 3.81. The maximum absolute atomic E-state index is 11.4. The molecule has 0 aliphatic rings. The number of nitrogens with one attached hydrogen (secondary N) is 1. The molecule has 0 spiro atoms. The van der Waals surface area contributed by atoms with Gasteiger partial charge in [0.1, 0.15) is 0 Å². The van der Waals surface area contributed by atoms with E-state index in [1.165, 1.54) is 6.08 Å². The summed E-state index contributed by atoms with van der Waals surface area (Å²) in [5.74, 6) is -0.110. The molecule has 1 N–H and O–H groups in total. The average molecular weight is 226 g/mol. The summed E-state index contributed by atoms with van der Waals surface area (Å²) in [5, 5.41) is 2.58. The van der Waals surface area contributed by atoms with E-state index in [9.17, 15) is 9.59 Å². The first-order valence-electron chi connectivity index (χ1n) is 5.59. The van der Waals surface area contributed by atoms with Gasteiger partial charge in [-0.05, 0) is 20.5 Å². The molecular formula is C12H22N2O2. The van der Waals surface area contributed by atoms with Gasteiger partial charge in [0.2, 0.25) is 5.91 Å². The number of carbonyl (C=O) groups is 2. The Morgan fingerprint density at radius 3 is 2.50 bits per heavy atom. The fourth-order valence-corrected chi connectivity index (χ4v) is 1.01. The monoisotopic (exact) mass is 226 g/mol. The molecule has 92 valence electrons. The fraction of sp³-hybridized carbons (Fsp3) is 0.667. The van der Waals surface area contributed by atoms with Crippen LogP contribution in [0.2, 0.25) is 0 Å². The van der Waals surface area contributed by atoms with Gasteiger partial charge in [0.25, 0.3) is 0 Å². The summed E-state index contributed by atoms with van der Waals surface area (Å²) in [6.07, 6.45) is 4.04. The first-order valence-corrected chi connectivity index (χ1v) is 5.59. The molecule has 0 heterocycles. The van der Waals surface area contributed by atoms with Crippen LogP contribution in [0.1, 0.15) is 20.3 Å². The van der Waals surface area contributed by atoms with Crippen molar-refractivity contribution in [3.63, 3.8) is 0 Å². The Labute approximate surface area is 97.7 Å². The Bertz CT molecular complexity index is 260. The van der Waals surface area contributed by atoms with Gasteiger partial charge in [0.15, 0.2) is 5.78 Å². The van der Waals surface area contributed by atoms with Crippen molar-refractivity contribution in [2.45, 2.75) is 20.3 Å². The minimum Gasteiger partial charge on any atom is -0.345 e. The second kappa shape index (κ2) is 8.05. The molecule has 4 nitrogen and oxygen atoms in total. The van der Waals surface area contributed by atoms with Crippen LogP contribution in [-0.4, -0.2) is 43.8 Å². The van der Waals surface area contributed by atoms with Crippen molar-refractivity contribution >= 4 is 11.7 Å². The molecule has 16 heavy (non-hydrogen) atoms. The molecule has 0 fully saturated rings.